The summed E-state index contributed by atoms with van der Waals surface area (Å²) in [5.41, 5.74) is 1.93. The summed E-state index contributed by atoms with van der Waals surface area (Å²) < 4.78 is 2.02. The zero-order valence-corrected chi connectivity index (χ0v) is 15.2. The van der Waals surface area contributed by atoms with Gasteiger partial charge in [-0.25, -0.2) is 4.68 Å². The second-order valence-electron chi connectivity index (χ2n) is 6.98. The van der Waals surface area contributed by atoms with Crippen LogP contribution in [0.15, 0.2) is 36.5 Å². The number of hydrogen-bond donors (Lipinski definition) is 2. The first-order valence-electron chi connectivity index (χ1n) is 8.87. The molecular formula is C19H27N5O. The summed E-state index contributed by atoms with van der Waals surface area (Å²) in [4.78, 5) is 14.0. The number of hydrogen-bond acceptors (Lipinski definition) is 4. The van der Waals surface area contributed by atoms with Gasteiger partial charge in [-0.1, -0.05) is 12.1 Å². The molecule has 1 atom stereocenters. The molecule has 0 unspecified atom stereocenters. The number of benzene rings is 1. The molecule has 0 saturated carbocycles. The van der Waals surface area contributed by atoms with E-state index >= 15 is 0 Å². The molecule has 0 saturated heterocycles. The lowest BCUT2D eigenvalue weighted by molar-refractivity contribution is 0.0755. The predicted molar refractivity (Wildman–Crippen MR) is 99.6 cm³/mol. The first kappa shape index (κ1) is 17.5. The normalized spacial score (nSPS) is 16.4. The Morgan fingerprint density at radius 3 is 2.84 bits per heavy atom. The van der Waals surface area contributed by atoms with Gasteiger partial charge in [-0.05, 0) is 31.5 Å². The minimum Gasteiger partial charge on any atom is -0.370 e. The number of carbonyl (C=O) groups is 1. The lowest BCUT2D eigenvalue weighted by Crippen LogP contribution is -2.35. The fourth-order valence-electron chi connectivity index (χ4n) is 2.95. The van der Waals surface area contributed by atoms with Crippen LogP contribution in [0.2, 0.25) is 0 Å². The van der Waals surface area contributed by atoms with Crippen LogP contribution < -0.4 is 10.6 Å². The maximum absolute atomic E-state index is 12.3. The average Bonchev–Trinajstić information content (AvgIpc) is 3.09. The van der Waals surface area contributed by atoms with Crippen LogP contribution in [0.1, 0.15) is 29.8 Å². The van der Waals surface area contributed by atoms with Gasteiger partial charge in [0.1, 0.15) is 5.82 Å². The Balaban J connectivity index is 1.47. The van der Waals surface area contributed by atoms with E-state index in [2.05, 4.69) is 15.7 Å². The van der Waals surface area contributed by atoms with E-state index in [9.17, 15) is 4.79 Å². The third kappa shape index (κ3) is 4.20. The SMILES string of the molecule is CC(C)N(C)C(=O)c1ccc(CNC[C@@H]2CNc3ccnn3C2)cc1. The van der Waals surface area contributed by atoms with Gasteiger partial charge in [-0.15, -0.1) is 0 Å². The van der Waals surface area contributed by atoms with E-state index in [4.69, 9.17) is 0 Å². The standard InChI is InChI=1S/C19H27N5O/c1-14(2)23(3)19(25)17-6-4-15(5-7-17)10-20-11-16-12-21-18-8-9-22-24(18)13-16/h4-9,14,16,20-21H,10-13H2,1-3H3/t16-/m1/s1. The number of amides is 1. The molecule has 1 aliphatic rings. The summed E-state index contributed by atoms with van der Waals surface area (Å²) in [7, 11) is 1.84. The van der Waals surface area contributed by atoms with Crippen LogP contribution in [0.3, 0.4) is 0 Å². The van der Waals surface area contributed by atoms with E-state index in [1.165, 1.54) is 5.56 Å². The van der Waals surface area contributed by atoms with Gasteiger partial charge in [0.15, 0.2) is 0 Å². The van der Waals surface area contributed by atoms with Crippen LogP contribution in [0.25, 0.3) is 0 Å². The van der Waals surface area contributed by atoms with Crippen molar-refractivity contribution in [2.45, 2.75) is 33.0 Å². The highest BCUT2D eigenvalue weighted by molar-refractivity contribution is 5.94. The molecule has 0 aliphatic carbocycles. The summed E-state index contributed by atoms with van der Waals surface area (Å²) in [5.74, 6) is 1.69. The summed E-state index contributed by atoms with van der Waals surface area (Å²) >= 11 is 0. The maximum atomic E-state index is 12.3. The van der Waals surface area contributed by atoms with Gasteiger partial charge in [0.25, 0.3) is 5.91 Å². The van der Waals surface area contributed by atoms with Crippen molar-refractivity contribution in [3.8, 4) is 0 Å². The second kappa shape index (κ2) is 7.70. The van der Waals surface area contributed by atoms with Crippen molar-refractivity contribution in [2.24, 2.45) is 5.92 Å². The number of carbonyl (C=O) groups excluding carboxylic acids is 1. The molecule has 2 N–H and O–H groups in total. The van der Waals surface area contributed by atoms with Gasteiger partial charge in [0, 0.05) is 56.8 Å². The van der Waals surface area contributed by atoms with Gasteiger partial charge in [-0.2, -0.15) is 5.10 Å². The van der Waals surface area contributed by atoms with Crippen LogP contribution in [0.5, 0.6) is 0 Å². The van der Waals surface area contributed by atoms with Gasteiger partial charge in [0.2, 0.25) is 0 Å². The Kier molecular flexibility index (Phi) is 5.38. The summed E-state index contributed by atoms with van der Waals surface area (Å²) in [6.45, 7) is 7.68. The van der Waals surface area contributed by atoms with Gasteiger partial charge < -0.3 is 15.5 Å². The second-order valence-corrected chi connectivity index (χ2v) is 6.98. The Morgan fingerprint density at radius 2 is 2.12 bits per heavy atom. The Hall–Kier alpha value is -2.34. The molecule has 1 aromatic heterocycles. The first-order chi connectivity index (χ1) is 12.0. The molecule has 2 aromatic rings. The molecule has 0 fully saturated rings. The molecule has 2 heterocycles. The van der Waals surface area contributed by atoms with E-state index < -0.39 is 0 Å². The van der Waals surface area contributed by atoms with Crippen molar-refractivity contribution in [1.29, 1.82) is 0 Å². The minimum absolute atomic E-state index is 0.0674. The highest BCUT2D eigenvalue weighted by Crippen LogP contribution is 2.16. The molecule has 1 aromatic carbocycles. The average molecular weight is 341 g/mol. The van der Waals surface area contributed by atoms with Gasteiger partial charge in [0.05, 0.1) is 6.20 Å². The maximum Gasteiger partial charge on any atom is 0.253 e. The molecule has 0 radical (unpaired) electrons. The van der Waals surface area contributed by atoms with Crippen LogP contribution in [-0.4, -0.2) is 46.8 Å². The van der Waals surface area contributed by atoms with Crippen LogP contribution in [-0.2, 0) is 13.1 Å². The monoisotopic (exact) mass is 341 g/mol. The van der Waals surface area contributed by atoms with Crippen molar-refractivity contribution in [3.05, 3.63) is 47.7 Å². The summed E-state index contributed by atoms with van der Waals surface area (Å²) in [6.07, 6.45) is 1.83. The molecular weight excluding hydrogens is 314 g/mol. The quantitative estimate of drug-likeness (QED) is 0.845. The fourth-order valence-corrected chi connectivity index (χ4v) is 2.95. The summed E-state index contributed by atoms with van der Waals surface area (Å²) in [5, 5.41) is 11.2. The van der Waals surface area contributed by atoms with Gasteiger partial charge >= 0.3 is 0 Å². The molecule has 1 aliphatic heterocycles. The topological polar surface area (TPSA) is 62.2 Å². The van der Waals surface area contributed by atoms with Crippen LogP contribution in [0.4, 0.5) is 5.82 Å². The molecule has 6 nitrogen and oxygen atoms in total. The third-order valence-corrected chi connectivity index (χ3v) is 4.78. The first-order valence-corrected chi connectivity index (χ1v) is 8.87. The van der Waals surface area contributed by atoms with E-state index in [1.54, 1.807) is 4.90 Å². The molecule has 1 amide bonds. The Morgan fingerprint density at radius 1 is 1.36 bits per heavy atom. The van der Waals surface area contributed by atoms with Crippen LogP contribution >= 0.6 is 0 Å². The number of rotatable bonds is 6. The minimum atomic E-state index is 0.0674. The van der Waals surface area contributed by atoms with Crippen molar-refractivity contribution in [2.75, 3.05) is 25.5 Å². The van der Waals surface area contributed by atoms with Crippen LogP contribution in [0, 0.1) is 5.92 Å². The van der Waals surface area contributed by atoms with E-state index in [1.807, 2.05) is 62.1 Å². The third-order valence-electron chi connectivity index (χ3n) is 4.78. The van der Waals surface area contributed by atoms with Crippen molar-refractivity contribution in [3.63, 3.8) is 0 Å². The number of nitrogens with one attached hydrogen (secondary N) is 2. The largest absolute Gasteiger partial charge is 0.370 e. The van der Waals surface area contributed by atoms with E-state index in [-0.39, 0.29) is 11.9 Å². The molecule has 6 heteroatoms. The zero-order chi connectivity index (χ0) is 17.8. The molecule has 3 rings (SSSR count). The molecule has 25 heavy (non-hydrogen) atoms. The number of anilines is 1. The molecule has 0 spiro atoms. The van der Waals surface area contributed by atoms with Crippen molar-refractivity contribution in [1.82, 2.24) is 20.0 Å². The molecule has 134 valence electrons. The smallest absolute Gasteiger partial charge is 0.253 e. The highest BCUT2D eigenvalue weighted by atomic mass is 16.2. The summed E-state index contributed by atoms with van der Waals surface area (Å²) in [6, 6.07) is 10.1. The van der Waals surface area contributed by atoms with E-state index in [0.717, 1.165) is 37.6 Å². The lowest BCUT2D eigenvalue weighted by atomic mass is 10.1. The fraction of sp³-hybridized carbons (Fsp3) is 0.474. The van der Waals surface area contributed by atoms with E-state index in [0.29, 0.717) is 5.92 Å². The zero-order valence-electron chi connectivity index (χ0n) is 15.2. The number of fused-ring (bicyclic) bond motifs is 1. The lowest BCUT2D eigenvalue weighted by Gasteiger charge is -2.25. The van der Waals surface area contributed by atoms with Crippen molar-refractivity contribution >= 4 is 11.7 Å². The number of nitrogens with zero attached hydrogens (tertiary/aromatic N) is 3. The van der Waals surface area contributed by atoms with Gasteiger partial charge in [-0.3, -0.25) is 4.79 Å². The Labute approximate surface area is 149 Å². The predicted octanol–water partition coefficient (Wildman–Crippen LogP) is 2.19. The number of aromatic nitrogens is 2. The van der Waals surface area contributed by atoms with Crippen molar-refractivity contribution < 1.29 is 4.79 Å². The molecule has 0 bridgehead atoms. The Bertz CT molecular complexity index is 707. The highest BCUT2D eigenvalue weighted by Gasteiger charge is 2.18.